The first-order chi connectivity index (χ1) is 15.8. The third-order valence-electron chi connectivity index (χ3n) is 5.93. The van der Waals surface area contributed by atoms with Gasteiger partial charge in [-0.1, -0.05) is 24.3 Å². The fraction of sp³-hybridized carbons (Fsp3) is 0.250. The van der Waals surface area contributed by atoms with Crippen molar-refractivity contribution in [3.63, 3.8) is 0 Å². The van der Waals surface area contributed by atoms with Crippen molar-refractivity contribution >= 4 is 34.9 Å². The van der Waals surface area contributed by atoms with Crippen LogP contribution in [0.25, 0.3) is 0 Å². The van der Waals surface area contributed by atoms with Crippen molar-refractivity contribution < 1.29 is 28.8 Å². The third kappa shape index (κ3) is 4.17. The van der Waals surface area contributed by atoms with Crippen LogP contribution in [-0.2, 0) is 14.3 Å². The third-order valence-corrected chi connectivity index (χ3v) is 5.93. The van der Waals surface area contributed by atoms with Crippen LogP contribution in [0.15, 0.2) is 54.6 Å². The van der Waals surface area contributed by atoms with Gasteiger partial charge in [0.1, 0.15) is 0 Å². The molecule has 2 unspecified atom stereocenters. The summed E-state index contributed by atoms with van der Waals surface area (Å²) in [4.78, 5) is 61.6. The zero-order valence-corrected chi connectivity index (χ0v) is 17.7. The second-order valence-electron chi connectivity index (χ2n) is 7.97. The highest BCUT2D eigenvalue weighted by Gasteiger charge is 2.47. The van der Waals surface area contributed by atoms with Gasteiger partial charge in [-0.25, -0.2) is 4.79 Å². The van der Waals surface area contributed by atoms with E-state index in [0.717, 1.165) is 11.0 Å². The number of hydrogen-bond acceptors (Lipinski definition) is 7. The lowest BCUT2D eigenvalue weighted by Crippen LogP contribution is -2.30. The fourth-order valence-electron chi connectivity index (χ4n) is 4.08. The molecule has 0 spiro atoms. The smallest absolute Gasteiger partial charge is 0.338 e. The first-order valence-electron chi connectivity index (χ1n) is 10.4. The molecule has 2 aromatic carbocycles. The van der Waals surface area contributed by atoms with Crippen LogP contribution in [0, 0.1) is 28.9 Å². The van der Waals surface area contributed by atoms with Crippen LogP contribution in [0.3, 0.4) is 0 Å². The SMILES string of the molecule is Cc1ccc(C(=O)COC(=O)c2ccc(N3C(=O)C4CC=CCC4C3=O)cc2)cc1[N+](=O)[O-]. The Morgan fingerprint density at radius 3 is 2.15 bits per heavy atom. The van der Waals surface area contributed by atoms with Crippen LogP contribution in [-0.4, -0.2) is 35.1 Å². The van der Waals surface area contributed by atoms with Gasteiger partial charge < -0.3 is 4.74 Å². The molecule has 2 amide bonds. The lowest BCUT2D eigenvalue weighted by atomic mass is 9.85. The summed E-state index contributed by atoms with van der Waals surface area (Å²) in [6, 6.07) is 9.85. The number of rotatable bonds is 6. The minimum atomic E-state index is -0.770. The molecule has 168 valence electrons. The number of nitro benzene ring substituents is 1. The number of nitro groups is 1. The Hall–Kier alpha value is -4.14. The number of nitrogens with zero attached hydrogens (tertiary/aromatic N) is 2. The van der Waals surface area contributed by atoms with E-state index in [0.29, 0.717) is 24.1 Å². The Kier molecular flexibility index (Phi) is 5.87. The zero-order valence-electron chi connectivity index (χ0n) is 17.7. The van der Waals surface area contributed by atoms with Gasteiger partial charge >= 0.3 is 5.97 Å². The number of esters is 1. The number of anilines is 1. The molecule has 9 nitrogen and oxygen atoms in total. The Bertz CT molecular complexity index is 1170. The number of hydrogen-bond donors (Lipinski definition) is 0. The number of aryl methyl sites for hydroxylation is 1. The molecule has 0 aromatic heterocycles. The van der Waals surface area contributed by atoms with Crippen molar-refractivity contribution in [2.45, 2.75) is 19.8 Å². The standard InChI is InChI=1S/C24H20N2O7/c1-14-6-7-16(12-20(14)26(31)32)21(27)13-33-24(30)15-8-10-17(11-9-15)25-22(28)18-4-2-3-5-19(18)23(25)29/h2-3,6-12,18-19H,4-5,13H2,1H3. The molecule has 4 rings (SSSR count). The summed E-state index contributed by atoms with van der Waals surface area (Å²) < 4.78 is 5.05. The maximum atomic E-state index is 12.7. The molecule has 2 aromatic rings. The number of Topliss-reactive ketones (excluding diaryl/α,β-unsaturated/α-hetero) is 1. The average Bonchev–Trinajstić information content (AvgIpc) is 3.07. The van der Waals surface area contributed by atoms with E-state index in [-0.39, 0.29) is 40.5 Å². The van der Waals surface area contributed by atoms with E-state index < -0.39 is 23.3 Å². The zero-order chi connectivity index (χ0) is 23.7. The van der Waals surface area contributed by atoms with E-state index in [4.69, 9.17) is 4.74 Å². The quantitative estimate of drug-likeness (QED) is 0.166. The highest BCUT2D eigenvalue weighted by molar-refractivity contribution is 6.22. The van der Waals surface area contributed by atoms with Crippen molar-refractivity contribution in [2.24, 2.45) is 11.8 Å². The van der Waals surface area contributed by atoms with Crippen LogP contribution in [0.1, 0.15) is 39.1 Å². The molecule has 1 aliphatic heterocycles. The van der Waals surface area contributed by atoms with Crippen LogP contribution in [0.5, 0.6) is 0 Å². The maximum absolute atomic E-state index is 12.7. The number of ether oxygens (including phenoxy) is 1. The van der Waals surface area contributed by atoms with Crippen LogP contribution in [0.4, 0.5) is 11.4 Å². The number of carbonyl (C=O) groups is 4. The predicted molar refractivity (Wildman–Crippen MR) is 117 cm³/mol. The number of fused-ring (bicyclic) bond motifs is 1. The Morgan fingerprint density at radius 1 is 1.00 bits per heavy atom. The monoisotopic (exact) mass is 448 g/mol. The highest BCUT2D eigenvalue weighted by Crippen LogP contribution is 2.37. The molecule has 9 heteroatoms. The molecule has 0 saturated carbocycles. The summed E-state index contributed by atoms with van der Waals surface area (Å²) in [5, 5.41) is 11.0. The molecule has 0 radical (unpaired) electrons. The Balaban J connectivity index is 1.41. The van der Waals surface area contributed by atoms with Crippen molar-refractivity contribution in [2.75, 3.05) is 11.5 Å². The predicted octanol–water partition coefficient (Wildman–Crippen LogP) is 3.40. The van der Waals surface area contributed by atoms with Gasteiger partial charge in [0.2, 0.25) is 17.6 Å². The number of imide groups is 1. The molecule has 2 atom stereocenters. The van der Waals surface area contributed by atoms with Gasteiger partial charge in [0.05, 0.1) is 28.0 Å². The van der Waals surface area contributed by atoms with Crippen molar-refractivity contribution in [3.05, 3.63) is 81.4 Å². The maximum Gasteiger partial charge on any atom is 0.338 e. The molecule has 0 N–H and O–H groups in total. The van der Waals surface area contributed by atoms with Crippen molar-refractivity contribution in [1.82, 2.24) is 0 Å². The minimum Gasteiger partial charge on any atom is -0.454 e. The molecule has 1 heterocycles. The molecular weight excluding hydrogens is 428 g/mol. The fourth-order valence-corrected chi connectivity index (χ4v) is 4.08. The summed E-state index contributed by atoms with van der Waals surface area (Å²) in [6.07, 6.45) is 4.89. The van der Waals surface area contributed by atoms with E-state index in [1.165, 1.54) is 36.4 Å². The number of amides is 2. The normalized spacial score (nSPS) is 19.4. The summed E-state index contributed by atoms with van der Waals surface area (Å²) >= 11 is 0. The first-order valence-corrected chi connectivity index (χ1v) is 10.4. The summed E-state index contributed by atoms with van der Waals surface area (Å²) in [5.41, 5.74) is 0.805. The Labute approximate surface area is 188 Å². The van der Waals surface area contributed by atoms with Crippen molar-refractivity contribution in [3.8, 4) is 0 Å². The van der Waals surface area contributed by atoms with E-state index in [1.54, 1.807) is 6.92 Å². The van der Waals surface area contributed by atoms with Crippen molar-refractivity contribution in [1.29, 1.82) is 0 Å². The average molecular weight is 448 g/mol. The lowest BCUT2D eigenvalue weighted by molar-refractivity contribution is -0.385. The minimum absolute atomic E-state index is 0.0671. The van der Waals surface area contributed by atoms with E-state index in [2.05, 4.69) is 0 Å². The summed E-state index contributed by atoms with van der Waals surface area (Å²) in [7, 11) is 0. The lowest BCUT2D eigenvalue weighted by Gasteiger charge is -2.15. The first kappa shape index (κ1) is 22.1. The van der Waals surface area contributed by atoms with Crippen LogP contribution < -0.4 is 4.90 Å². The summed E-state index contributed by atoms with van der Waals surface area (Å²) in [5.74, 6) is -2.54. The number of ketones is 1. The molecular formula is C24H20N2O7. The molecule has 1 saturated heterocycles. The molecule has 1 fully saturated rings. The highest BCUT2D eigenvalue weighted by atomic mass is 16.6. The molecule has 0 bridgehead atoms. The van der Waals surface area contributed by atoms with Gasteiger partial charge in [0.15, 0.2) is 6.61 Å². The molecule has 2 aliphatic rings. The van der Waals surface area contributed by atoms with Crippen LogP contribution in [0.2, 0.25) is 0 Å². The van der Waals surface area contributed by atoms with Crippen LogP contribution >= 0.6 is 0 Å². The van der Waals surface area contributed by atoms with Gasteiger partial charge in [0.25, 0.3) is 5.69 Å². The van der Waals surface area contributed by atoms with Gasteiger partial charge in [-0.15, -0.1) is 0 Å². The second-order valence-corrected chi connectivity index (χ2v) is 7.97. The largest absolute Gasteiger partial charge is 0.454 e. The second kappa shape index (κ2) is 8.78. The molecule has 1 aliphatic carbocycles. The topological polar surface area (TPSA) is 124 Å². The van der Waals surface area contributed by atoms with Gasteiger partial charge in [-0.3, -0.25) is 29.4 Å². The number of carbonyl (C=O) groups excluding carboxylic acids is 4. The Morgan fingerprint density at radius 2 is 1.58 bits per heavy atom. The van der Waals surface area contributed by atoms with Gasteiger partial charge in [0, 0.05) is 17.2 Å². The van der Waals surface area contributed by atoms with E-state index in [1.807, 2.05) is 12.2 Å². The van der Waals surface area contributed by atoms with E-state index >= 15 is 0 Å². The summed E-state index contributed by atoms with van der Waals surface area (Å²) in [6.45, 7) is 0.977. The number of benzene rings is 2. The molecule has 33 heavy (non-hydrogen) atoms. The van der Waals surface area contributed by atoms with Gasteiger partial charge in [-0.05, 0) is 44.0 Å². The van der Waals surface area contributed by atoms with Gasteiger partial charge in [-0.2, -0.15) is 0 Å². The number of allylic oxidation sites excluding steroid dienone is 2. The van der Waals surface area contributed by atoms with E-state index in [9.17, 15) is 29.3 Å².